The summed E-state index contributed by atoms with van der Waals surface area (Å²) in [6, 6.07) is -0.875. The van der Waals surface area contributed by atoms with Crippen molar-refractivity contribution in [2.75, 3.05) is 26.2 Å². The van der Waals surface area contributed by atoms with E-state index in [1.165, 1.54) is 0 Å². The Morgan fingerprint density at radius 3 is 2.40 bits per heavy atom. The molecular formula is C14H25F2N3O. The fraction of sp³-hybridized carbons (Fsp3) is 0.929. The minimum Gasteiger partial charge on any atom is -0.340 e. The zero-order chi connectivity index (χ0) is 14.9. The van der Waals surface area contributed by atoms with Gasteiger partial charge in [-0.15, -0.1) is 0 Å². The van der Waals surface area contributed by atoms with Crippen LogP contribution < -0.4 is 5.73 Å². The van der Waals surface area contributed by atoms with Gasteiger partial charge in [0, 0.05) is 38.6 Å². The Bertz CT molecular complexity index is 354. The number of carbonyl (C=O) groups is 1. The van der Waals surface area contributed by atoms with E-state index < -0.39 is 17.9 Å². The van der Waals surface area contributed by atoms with Crippen molar-refractivity contribution in [3.8, 4) is 0 Å². The molecule has 2 aliphatic rings. The molecule has 0 radical (unpaired) electrons. The lowest BCUT2D eigenvalue weighted by Gasteiger charge is -2.41. The maximum atomic E-state index is 13.6. The third-order valence-electron chi connectivity index (χ3n) is 4.62. The summed E-state index contributed by atoms with van der Waals surface area (Å²) in [4.78, 5) is 16.4. The van der Waals surface area contributed by atoms with Gasteiger partial charge in [-0.05, 0) is 26.7 Å². The summed E-state index contributed by atoms with van der Waals surface area (Å²) < 4.78 is 27.3. The molecule has 6 heteroatoms. The summed E-state index contributed by atoms with van der Waals surface area (Å²) in [6.45, 7) is 7.09. The largest absolute Gasteiger partial charge is 0.340 e. The molecule has 0 aromatic rings. The first-order valence-electron chi connectivity index (χ1n) is 7.49. The zero-order valence-corrected chi connectivity index (χ0v) is 12.3. The maximum Gasteiger partial charge on any atom is 0.263 e. The number of hydrogen-bond acceptors (Lipinski definition) is 3. The lowest BCUT2D eigenvalue weighted by atomic mass is 9.81. The van der Waals surface area contributed by atoms with Gasteiger partial charge in [0.1, 0.15) is 0 Å². The van der Waals surface area contributed by atoms with Crippen LogP contribution in [-0.2, 0) is 4.79 Å². The van der Waals surface area contributed by atoms with Crippen LogP contribution in [0.3, 0.4) is 0 Å². The highest BCUT2D eigenvalue weighted by Gasteiger charge is 2.48. The van der Waals surface area contributed by atoms with Crippen LogP contribution in [0.25, 0.3) is 0 Å². The fourth-order valence-corrected chi connectivity index (χ4v) is 3.17. The van der Waals surface area contributed by atoms with Crippen LogP contribution in [0.4, 0.5) is 8.78 Å². The molecular weight excluding hydrogens is 264 g/mol. The molecule has 1 saturated carbocycles. The van der Waals surface area contributed by atoms with Crippen molar-refractivity contribution in [3.63, 3.8) is 0 Å². The minimum atomic E-state index is -2.90. The third kappa shape index (κ3) is 3.11. The van der Waals surface area contributed by atoms with Gasteiger partial charge in [0.25, 0.3) is 5.92 Å². The molecule has 2 atom stereocenters. The molecule has 1 saturated heterocycles. The molecule has 1 aliphatic carbocycles. The molecule has 2 N–H and O–H groups in total. The number of carbonyl (C=O) groups excluding carboxylic acids is 1. The number of halogens is 2. The second-order valence-corrected chi connectivity index (χ2v) is 6.24. The Kier molecular flexibility index (Phi) is 4.64. The molecule has 0 aromatic heterocycles. The van der Waals surface area contributed by atoms with Crippen molar-refractivity contribution in [2.45, 2.75) is 51.1 Å². The number of piperazine rings is 1. The monoisotopic (exact) mass is 289 g/mol. The van der Waals surface area contributed by atoms with Gasteiger partial charge in [-0.1, -0.05) is 0 Å². The molecule has 20 heavy (non-hydrogen) atoms. The number of alkyl halides is 2. The number of hydrogen-bond donors (Lipinski definition) is 1. The molecule has 2 fully saturated rings. The Balaban J connectivity index is 1.95. The van der Waals surface area contributed by atoms with Gasteiger partial charge in [-0.3, -0.25) is 9.69 Å². The van der Waals surface area contributed by atoms with Crippen molar-refractivity contribution < 1.29 is 13.6 Å². The number of nitrogens with zero attached hydrogens (tertiary/aromatic N) is 2. The molecule has 1 amide bonds. The molecule has 116 valence electrons. The van der Waals surface area contributed by atoms with Gasteiger partial charge >= 0.3 is 0 Å². The van der Waals surface area contributed by atoms with E-state index in [-0.39, 0.29) is 12.3 Å². The van der Waals surface area contributed by atoms with Crippen molar-refractivity contribution in [2.24, 2.45) is 11.7 Å². The van der Waals surface area contributed by atoms with Gasteiger partial charge in [0.15, 0.2) is 0 Å². The minimum absolute atomic E-state index is 0.180. The quantitative estimate of drug-likeness (QED) is 0.833. The molecule has 0 aromatic carbocycles. The average Bonchev–Trinajstić information content (AvgIpc) is 2.41. The van der Waals surface area contributed by atoms with Gasteiger partial charge < -0.3 is 10.6 Å². The van der Waals surface area contributed by atoms with Crippen molar-refractivity contribution in [3.05, 3.63) is 0 Å². The molecule has 2 rings (SSSR count). The van der Waals surface area contributed by atoms with Crippen LogP contribution in [0.15, 0.2) is 0 Å². The standard InChI is InChI=1S/C14H25F2N3O/c1-10(2)18-6-8-19(9-7-18)13(20)11-4-3-5-14(15,16)12(11)17/h10-12H,3-9,17H2,1-2H3/t11-,12+/m0/s1. The van der Waals surface area contributed by atoms with Crippen LogP contribution in [0.1, 0.15) is 33.1 Å². The van der Waals surface area contributed by atoms with E-state index in [1.807, 2.05) is 0 Å². The van der Waals surface area contributed by atoms with E-state index in [0.717, 1.165) is 13.1 Å². The van der Waals surface area contributed by atoms with Crippen LogP contribution in [0, 0.1) is 5.92 Å². The third-order valence-corrected chi connectivity index (χ3v) is 4.62. The summed E-state index contributed by atoms with van der Waals surface area (Å²) in [5.74, 6) is -3.80. The number of amides is 1. The summed E-state index contributed by atoms with van der Waals surface area (Å²) in [7, 11) is 0. The summed E-state index contributed by atoms with van der Waals surface area (Å²) in [5, 5.41) is 0. The summed E-state index contributed by atoms with van der Waals surface area (Å²) >= 11 is 0. The van der Waals surface area contributed by atoms with Crippen molar-refractivity contribution >= 4 is 5.91 Å². The van der Waals surface area contributed by atoms with Gasteiger partial charge in [-0.25, -0.2) is 8.78 Å². The Morgan fingerprint density at radius 1 is 1.25 bits per heavy atom. The Morgan fingerprint density at radius 2 is 1.85 bits per heavy atom. The van der Waals surface area contributed by atoms with Crippen LogP contribution in [0.5, 0.6) is 0 Å². The zero-order valence-electron chi connectivity index (χ0n) is 12.3. The predicted octanol–water partition coefficient (Wildman–Crippen LogP) is 1.30. The summed E-state index contributed by atoms with van der Waals surface area (Å²) in [6.07, 6.45) is 0.669. The lowest BCUT2D eigenvalue weighted by molar-refractivity contribution is -0.147. The van der Waals surface area contributed by atoms with E-state index >= 15 is 0 Å². The SMILES string of the molecule is CC(C)N1CCN(C(=O)[C@H]2CCCC(F)(F)[C@@H]2N)CC1. The Hall–Kier alpha value is -0.750. The second-order valence-electron chi connectivity index (χ2n) is 6.24. The van der Waals surface area contributed by atoms with Crippen molar-refractivity contribution in [1.82, 2.24) is 9.80 Å². The smallest absolute Gasteiger partial charge is 0.263 e. The van der Waals surface area contributed by atoms with E-state index in [9.17, 15) is 13.6 Å². The first-order valence-corrected chi connectivity index (χ1v) is 7.49. The second kappa shape index (κ2) is 5.93. The van der Waals surface area contributed by atoms with E-state index in [4.69, 9.17) is 5.73 Å². The van der Waals surface area contributed by atoms with Crippen LogP contribution >= 0.6 is 0 Å². The highest BCUT2D eigenvalue weighted by molar-refractivity contribution is 5.80. The normalized spacial score (nSPS) is 31.6. The first kappa shape index (κ1) is 15.6. The number of rotatable bonds is 2. The first-order chi connectivity index (χ1) is 9.33. The molecule has 1 aliphatic heterocycles. The van der Waals surface area contributed by atoms with E-state index in [2.05, 4.69) is 18.7 Å². The molecule has 0 unspecified atom stereocenters. The Labute approximate surface area is 119 Å². The van der Waals surface area contributed by atoms with E-state index in [1.54, 1.807) is 4.90 Å². The highest BCUT2D eigenvalue weighted by atomic mass is 19.3. The maximum absolute atomic E-state index is 13.6. The summed E-state index contributed by atoms with van der Waals surface area (Å²) in [5.41, 5.74) is 5.63. The van der Waals surface area contributed by atoms with Crippen LogP contribution in [-0.4, -0.2) is 59.9 Å². The molecule has 0 spiro atoms. The topological polar surface area (TPSA) is 49.6 Å². The average molecular weight is 289 g/mol. The lowest BCUT2D eigenvalue weighted by Crippen LogP contribution is -2.58. The van der Waals surface area contributed by atoms with Crippen molar-refractivity contribution in [1.29, 1.82) is 0 Å². The van der Waals surface area contributed by atoms with E-state index in [0.29, 0.717) is 32.0 Å². The molecule has 0 bridgehead atoms. The van der Waals surface area contributed by atoms with Gasteiger partial charge in [0.05, 0.1) is 12.0 Å². The number of nitrogens with two attached hydrogens (primary N) is 1. The van der Waals surface area contributed by atoms with Crippen LogP contribution in [0.2, 0.25) is 0 Å². The van der Waals surface area contributed by atoms with Gasteiger partial charge in [0.2, 0.25) is 5.91 Å². The predicted molar refractivity (Wildman–Crippen MR) is 73.6 cm³/mol. The van der Waals surface area contributed by atoms with Gasteiger partial charge in [-0.2, -0.15) is 0 Å². The highest BCUT2D eigenvalue weighted by Crippen LogP contribution is 2.36. The molecule has 1 heterocycles. The molecule has 4 nitrogen and oxygen atoms in total. The fourth-order valence-electron chi connectivity index (χ4n) is 3.17.